The highest BCUT2D eigenvalue weighted by atomic mass is 35.5. The zero-order valence-corrected chi connectivity index (χ0v) is 17.8. The van der Waals surface area contributed by atoms with E-state index in [0.29, 0.717) is 20.9 Å². The van der Waals surface area contributed by atoms with Crippen LogP contribution in [0.4, 0.5) is 5.13 Å². The molecule has 0 aliphatic rings. The fraction of sp³-hybridized carbons (Fsp3) is 0.105. The first-order valence-corrected chi connectivity index (χ1v) is 10.6. The molecule has 144 valence electrons. The predicted octanol–water partition coefficient (Wildman–Crippen LogP) is 5.80. The maximum atomic E-state index is 12.1. The highest BCUT2D eigenvalue weighted by molar-refractivity contribution is 8.00. The van der Waals surface area contributed by atoms with Crippen LogP contribution >= 0.6 is 46.3 Å². The Morgan fingerprint density at radius 2 is 2.00 bits per heavy atom. The number of thioether (sulfide) groups is 1. The molecule has 0 bridgehead atoms. The Labute approximate surface area is 180 Å². The number of hydrogen-bond donors (Lipinski definition) is 1. The Bertz CT molecular complexity index is 991. The minimum Gasteiger partial charge on any atom is -0.497 e. The third-order valence-electron chi connectivity index (χ3n) is 3.55. The lowest BCUT2D eigenvalue weighted by Gasteiger charge is -2.02. The van der Waals surface area contributed by atoms with Crippen LogP contribution in [-0.2, 0) is 10.5 Å². The summed E-state index contributed by atoms with van der Waals surface area (Å²) in [7, 11) is 1.61. The second-order valence-electron chi connectivity index (χ2n) is 5.49. The number of carbonyl (C=O) groups excluding carboxylic acids is 1. The number of rotatable bonds is 7. The number of carbonyl (C=O) groups is 1. The maximum Gasteiger partial charge on any atom is 0.250 e. The van der Waals surface area contributed by atoms with Crippen LogP contribution in [0.3, 0.4) is 0 Å². The Morgan fingerprint density at radius 1 is 1.21 bits per heavy atom. The molecule has 1 N–H and O–H groups in total. The van der Waals surface area contributed by atoms with Gasteiger partial charge in [-0.15, -0.1) is 10.2 Å². The Balaban J connectivity index is 1.53. The van der Waals surface area contributed by atoms with E-state index in [1.54, 1.807) is 25.3 Å². The summed E-state index contributed by atoms with van der Waals surface area (Å²) in [6.07, 6.45) is 3.16. The van der Waals surface area contributed by atoms with Gasteiger partial charge in [-0.2, -0.15) is 0 Å². The van der Waals surface area contributed by atoms with Gasteiger partial charge in [0.05, 0.1) is 7.11 Å². The molecule has 3 aromatic rings. The van der Waals surface area contributed by atoms with Crippen molar-refractivity contribution in [1.82, 2.24) is 10.2 Å². The second kappa shape index (κ2) is 9.93. The van der Waals surface area contributed by atoms with Gasteiger partial charge in [0.2, 0.25) is 11.0 Å². The standard InChI is InChI=1S/C19H15Cl2N3O2S2/c1-26-15-7-2-12(3-8-15)4-9-17(25)22-18-23-24-19(28-18)27-11-13-5-6-14(20)10-16(13)21/h2-10H,11H2,1H3,(H,22,23,25). The molecule has 0 aliphatic heterocycles. The monoisotopic (exact) mass is 451 g/mol. The van der Waals surface area contributed by atoms with Crippen molar-refractivity contribution in [3.8, 4) is 5.75 Å². The van der Waals surface area contributed by atoms with E-state index < -0.39 is 0 Å². The average molecular weight is 452 g/mol. The van der Waals surface area contributed by atoms with Crippen LogP contribution in [0.25, 0.3) is 6.08 Å². The van der Waals surface area contributed by atoms with Crippen molar-refractivity contribution < 1.29 is 9.53 Å². The number of amides is 1. The molecule has 0 aliphatic carbocycles. The maximum absolute atomic E-state index is 12.1. The molecule has 0 spiro atoms. The van der Waals surface area contributed by atoms with Gasteiger partial charge in [-0.25, -0.2) is 0 Å². The lowest BCUT2D eigenvalue weighted by atomic mass is 10.2. The SMILES string of the molecule is COc1ccc(C=CC(=O)Nc2nnc(SCc3ccc(Cl)cc3Cl)s2)cc1. The molecule has 0 fully saturated rings. The minimum absolute atomic E-state index is 0.274. The smallest absolute Gasteiger partial charge is 0.250 e. The van der Waals surface area contributed by atoms with Crippen molar-refractivity contribution in [2.45, 2.75) is 10.1 Å². The van der Waals surface area contributed by atoms with Crippen molar-refractivity contribution >= 4 is 63.4 Å². The van der Waals surface area contributed by atoms with Gasteiger partial charge < -0.3 is 4.74 Å². The van der Waals surface area contributed by atoms with Gasteiger partial charge in [-0.3, -0.25) is 10.1 Å². The second-order valence-corrected chi connectivity index (χ2v) is 8.54. The summed E-state index contributed by atoms with van der Waals surface area (Å²) in [4.78, 5) is 12.1. The Kier molecular flexibility index (Phi) is 7.33. The molecule has 1 aromatic heterocycles. The Morgan fingerprint density at radius 3 is 2.71 bits per heavy atom. The average Bonchev–Trinajstić information content (AvgIpc) is 3.13. The molecule has 0 saturated heterocycles. The third-order valence-corrected chi connectivity index (χ3v) is 6.15. The lowest BCUT2D eigenvalue weighted by molar-refractivity contribution is -0.111. The molecule has 1 amide bonds. The van der Waals surface area contributed by atoms with E-state index in [1.807, 2.05) is 30.3 Å². The molecule has 9 heteroatoms. The molecule has 1 heterocycles. The summed E-state index contributed by atoms with van der Waals surface area (Å²) < 4.78 is 5.84. The van der Waals surface area contributed by atoms with Gasteiger partial charge >= 0.3 is 0 Å². The van der Waals surface area contributed by atoms with Crippen LogP contribution in [0, 0.1) is 0 Å². The van der Waals surface area contributed by atoms with Crippen molar-refractivity contribution in [2.75, 3.05) is 12.4 Å². The zero-order valence-electron chi connectivity index (χ0n) is 14.7. The fourth-order valence-electron chi connectivity index (χ4n) is 2.13. The van der Waals surface area contributed by atoms with Crippen LogP contribution in [0.1, 0.15) is 11.1 Å². The van der Waals surface area contributed by atoms with Crippen LogP contribution in [0.2, 0.25) is 10.0 Å². The molecule has 0 radical (unpaired) electrons. The highest BCUT2D eigenvalue weighted by Gasteiger charge is 2.09. The van der Waals surface area contributed by atoms with E-state index in [2.05, 4.69) is 15.5 Å². The number of ether oxygens (including phenoxy) is 1. The van der Waals surface area contributed by atoms with Gasteiger partial charge in [0, 0.05) is 21.9 Å². The normalized spacial score (nSPS) is 11.0. The number of nitrogens with one attached hydrogen (secondary N) is 1. The van der Waals surface area contributed by atoms with Crippen LogP contribution in [-0.4, -0.2) is 23.2 Å². The van der Waals surface area contributed by atoms with Gasteiger partial charge in [-0.05, 0) is 41.5 Å². The number of methoxy groups -OCH3 is 1. The first-order valence-electron chi connectivity index (χ1n) is 8.07. The Hall–Kier alpha value is -2.06. The minimum atomic E-state index is -0.274. The zero-order chi connectivity index (χ0) is 19.9. The first-order chi connectivity index (χ1) is 13.5. The van der Waals surface area contributed by atoms with Crippen molar-refractivity contribution in [3.05, 3.63) is 69.7 Å². The number of aromatic nitrogens is 2. The van der Waals surface area contributed by atoms with E-state index in [1.165, 1.54) is 29.2 Å². The van der Waals surface area contributed by atoms with Crippen molar-refractivity contribution in [1.29, 1.82) is 0 Å². The van der Waals surface area contributed by atoms with E-state index in [4.69, 9.17) is 27.9 Å². The summed E-state index contributed by atoms with van der Waals surface area (Å²) in [5.74, 6) is 1.13. The summed E-state index contributed by atoms with van der Waals surface area (Å²) >= 11 is 14.9. The predicted molar refractivity (Wildman–Crippen MR) is 117 cm³/mol. The van der Waals surface area contributed by atoms with Crippen LogP contribution in [0.5, 0.6) is 5.75 Å². The van der Waals surface area contributed by atoms with Crippen molar-refractivity contribution in [2.24, 2.45) is 0 Å². The molecular weight excluding hydrogens is 437 g/mol. The lowest BCUT2D eigenvalue weighted by Crippen LogP contribution is -2.07. The van der Waals surface area contributed by atoms with Gasteiger partial charge in [0.1, 0.15) is 5.75 Å². The van der Waals surface area contributed by atoms with Gasteiger partial charge in [0.15, 0.2) is 4.34 Å². The van der Waals surface area contributed by atoms with Gasteiger partial charge in [0.25, 0.3) is 0 Å². The molecule has 3 rings (SSSR count). The molecule has 0 atom stereocenters. The molecule has 0 unspecified atom stereocenters. The molecule has 28 heavy (non-hydrogen) atoms. The highest BCUT2D eigenvalue weighted by Crippen LogP contribution is 2.31. The quantitative estimate of drug-likeness (QED) is 0.279. The summed E-state index contributed by atoms with van der Waals surface area (Å²) in [5.41, 5.74) is 1.85. The summed E-state index contributed by atoms with van der Waals surface area (Å²) in [6, 6.07) is 12.8. The van der Waals surface area contributed by atoms with Gasteiger partial charge in [-0.1, -0.05) is 64.5 Å². The molecular formula is C19H15Cl2N3O2S2. The van der Waals surface area contributed by atoms with Crippen LogP contribution < -0.4 is 10.1 Å². The summed E-state index contributed by atoms with van der Waals surface area (Å²) in [6.45, 7) is 0. The van der Waals surface area contributed by atoms with Crippen LogP contribution in [0.15, 0.2) is 52.9 Å². The van der Waals surface area contributed by atoms with E-state index >= 15 is 0 Å². The van der Waals surface area contributed by atoms with E-state index in [0.717, 1.165) is 21.2 Å². The topological polar surface area (TPSA) is 64.1 Å². The molecule has 0 saturated carbocycles. The number of halogens is 2. The van der Waals surface area contributed by atoms with E-state index in [9.17, 15) is 4.79 Å². The van der Waals surface area contributed by atoms with E-state index in [-0.39, 0.29) is 5.91 Å². The fourth-order valence-corrected chi connectivity index (χ4v) is 4.44. The largest absolute Gasteiger partial charge is 0.497 e. The number of anilines is 1. The number of benzene rings is 2. The van der Waals surface area contributed by atoms with Crippen molar-refractivity contribution in [3.63, 3.8) is 0 Å². The third kappa shape index (κ3) is 5.97. The number of nitrogens with zero attached hydrogens (tertiary/aromatic N) is 2. The summed E-state index contributed by atoms with van der Waals surface area (Å²) in [5, 5.41) is 12.4. The number of hydrogen-bond acceptors (Lipinski definition) is 6. The first kappa shape index (κ1) is 20.7. The molecule has 5 nitrogen and oxygen atoms in total. The molecule has 2 aromatic carbocycles.